The maximum absolute atomic E-state index is 14.0. The SMILES string of the molecule is CC(C)Oc1ccc(S(=O)(=O)C2(C(=O)NO)CCC3(CCNCC3)C2)cc1.COc1ccc(-c2ccc(S(=O)(=O)C3(C(=O)NO)CCC4(CCNCC4)C3)cc2)cc1.COc1ccc(Oc2ccc(S(=O)(=O)C3(C(=O)NO)CCC4(CCN(Cc5cnc[nH]5)CC4)C3)cc2)cc1.COc1ccc(Oc2ccc(S(=O)(=O)C3(C(=O)NO)CCC4(CCNCC4)C3)cc2)cc1. The van der Waals surface area contributed by atoms with Gasteiger partial charge < -0.3 is 49.4 Å². The summed E-state index contributed by atoms with van der Waals surface area (Å²) in [6, 6.07) is 46.4. The van der Waals surface area contributed by atoms with Gasteiger partial charge in [-0.1, -0.05) is 24.3 Å². The van der Waals surface area contributed by atoms with Gasteiger partial charge in [0.2, 0.25) is 0 Å². The van der Waals surface area contributed by atoms with Crippen LogP contribution in [0.3, 0.4) is 0 Å². The molecule has 4 saturated heterocycles. The van der Waals surface area contributed by atoms with E-state index in [4.69, 9.17) is 28.4 Å². The Hall–Kier alpha value is -10.1. The number of H-pyrrole nitrogens is 1. The maximum Gasteiger partial charge on any atom is 0.265 e. The molecule has 5 heterocycles. The van der Waals surface area contributed by atoms with E-state index in [1.807, 2.05) is 38.1 Å². The van der Waals surface area contributed by atoms with Crippen molar-refractivity contribution in [2.45, 2.75) is 193 Å². The molecule has 16 rings (SSSR count). The highest BCUT2D eigenvalue weighted by Crippen LogP contribution is 2.59. The molecule has 8 fully saturated rings. The van der Waals surface area contributed by atoms with Crippen molar-refractivity contribution in [3.63, 3.8) is 0 Å². The Balaban J connectivity index is 0.000000147. The van der Waals surface area contributed by atoms with Crippen molar-refractivity contribution in [2.24, 2.45) is 21.7 Å². The van der Waals surface area contributed by atoms with Gasteiger partial charge in [-0.05, 0) is 373 Å². The summed E-state index contributed by atoms with van der Waals surface area (Å²) >= 11 is 0. The number of rotatable bonds is 24. The predicted octanol–water partition coefficient (Wildman–Crippen LogP) is 11.7. The summed E-state index contributed by atoms with van der Waals surface area (Å²) in [6.45, 7) is 11.0. The minimum absolute atomic E-state index is 0.0198. The van der Waals surface area contributed by atoms with Gasteiger partial charge in [-0.15, -0.1) is 0 Å². The minimum atomic E-state index is -4.11. The van der Waals surface area contributed by atoms with Gasteiger partial charge in [0.25, 0.3) is 23.6 Å². The molecule has 12 N–H and O–H groups in total. The van der Waals surface area contributed by atoms with Crippen molar-refractivity contribution in [1.29, 1.82) is 0 Å². The number of sulfone groups is 4. The van der Waals surface area contributed by atoms with Crippen molar-refractivity contribution in [3.8, 4) is 57.1 Å². The van der Waals surface area contributed by atoms with E-state index in [9.17, 15) is 73.7 Å². The second-order valence-corrected chi connectivity index (χ2v) is 44.5. The number of hydrogen-bond donors (Lipinski definition) is 12. The molecule has 0 radical (unpaired) electrons. The smallest absolute Gasteiger partial charge is 0.265 e. The Morgan fingerprint density at radius 2 is 0.609 bits per heavy atom. The van der Waals surface area contributed by atoms with E-state index in [1.54, 1.807) is 165 Å². The standard InChI is InChI=1S/C27H32N4O6S.C23H28N2O6S.C23H28N2O5S.C19H28N2O5S/c1-36-21-2-4-22(5-3-21)37-23-6-8-24(9-7-23)38(34,35)27(25(32)30-33)11-10-26(18-27)12-14-31(15-13-26)17-20-16-28-19-29-20;1-30-17-2-4-18(5-3-17)31-19-6-8-20(9-7-19)32(28,29)23(21(26)25-27)11-10-22(16-23)12-14-24-15-13-22;1-30-19-6-2-17(3-7-19)18-4-8-20(9-5-18)31(28,29)23(21(26)25-27)11-10-22(16-23)12-14-24-15-13-22;1-14(2)26-15-3-5-16(6-4-15)27(24,25)19(17(22)21-23)8-7-18(13-19)9-11-20-12-10-18/h2-9,16,19,33H,10-15,17-18H2,1H3,(H,28,29)(H,30,32);2-9,24,27H,10-16H2,1H3,(H,25,26);2-9,24,27H,10-16H2,1H3,(H,25,26);3-6,14,20,23H,7-13H2,1-2H3,(H,21,22). The first-order valence-electron chi connectivity index (χ1n) is 43.2. The number of likely N-dealkylation sites (tertiary alicyclic amines) is 1. The van der Waals surface area contributed by atoms with Crippen molar-refractivity contribution in [2.75, 3.05) is 73.7 Å². The molecule has 0 bridgehead atoms. The molecule has 32 nitrogen and oxygen atoms in total. The van der Waals surface area contributed by atoms with E-state index in [-0.39, 0.29) is 98.7 Å². The molecule has 1 aromatic heterocycles. The number of imidazole rings is 1. The van der Waals surface area contributed by atoms with Crippen LogP contribution in [0.2, 0.25) is 0 Å². The minimum Gasteiger partial charge on any atom is -0.497 e. The molecule has 7 aromatic carbocycles. The monoisotopic (exact) mass is 1840 g/mol. The third-order valence-corrected chi connectivity index (χ3v) is 37.6. The molecule has 128 heavy (non-hydrogen) atoms. The van der Waals surface area contributed by atoms with Gasteiger partial charge in [-0.2, -0.15) is 0 Å². The lowest BCUT2D eigenvalue weighted by atomic mass is 9.76. The van der Waals surface area contributed by atoms with E-state index in [0.29, 0.717) is 65.9 Å². The van der Waals surface area contributed by atoms with Crippen LogP contribution in [-0.4, -0.2) is 192 Å². The number of piperidine rings is 4. The number of nitrogens with zero attached hydrogens (tertiary/aromatic N) is 2. The number of benzene rings is 7. The van der Waals surface area contributed by atoms with Crippen LogP contribution < -0.4 is 66.3 Å². The van der Waals surface area contributed by atoms with E-state index in [1.165, 1.54) is 36.4 Å². The summed E-state index contributed by atoms with van der Waals surface area (Å²) in [4.78, 5) is 60.9. The van der Waals surface area contributed by atoms with E-state index < -0.39 is 82.0 Å². The molecule has 4 aliphatic carbocycles. The van der Waals surface area contributed by atoms with Gasteiger partial charge in [-0.25, -0.2) is 60.6 Å². The molecule has 4 amide bonds. The fraction of sp³-hybridized carbons (Fsp3) is 0.467. The van der Waals surface area contributed by atoms with Crippen LogP contribution in [-0.2, 0) is 65.1 Å². The van der Waals surface area contributed by atoms with Crippen LogP contribution in [0.5, 0.6) is 46.0 Å². The van der Waals surface area contributed by atoms with Crippen LogP contribution >= 0.6 is 0 Å². The van der Waals surface area contributed by atoms with Crippen molar-refractivity contribution in [3.05, 3.63) is 188 Å². The zero-order chi connectivity index (χ0) is 91.5. The average molecular weight is 1840 g/mol. The summed E-state index contributed by atoms with van der Waals surface area (Å²) in [5.74, 6) is 1.42. The Kier molecular flexibility index (Phi) is 29.6. The summed E-state index contributed by atoms with van der Waals surface area (Å²) in [5, 5.41) is 47.6. The van der Waals surface area contributed by atoms with Crippen molar-refractivity contribution < 1.29 is 102 Å². The number of ether oxygens (including phenoxy) is 6. The normalized spacial score (nSPS) is 22.7. The topological polar surface area (TPSA) is 457 Å². The summed E-state index contributed by atoms with van der Waals surface area (Å²) < 4.78 is 136. The van der Waals surface area contributed by atoms with E-state index >= 15 is 0 Å². The number of carbonyl (C=O) groups excluding carboxylic acids is 4. The zero-order valence-corrected chi connectivity index (χ0v) is 75.8. The number of aromatic amines is 1. The van der Waals surface area contributed by atoms with E-state index in [0.717, 1.165) is 133 Å². The first-order chi connectivity index (χ1) is 61.2. The number of amides is 4. The Labute approximate surface area is 747 Å². The Morgan fingerprint density at radius 1 is 0.359 bits per heavy atom. The first-order valence-corrected chi connectivity index (χ1v) is 49.1. The number of hydrogen-bond acceptors (Lipinski definition) is 27. The number of carbonyl (C=O) groups is 4. The molecule has 8 aliphatic rings. The molecule has 4 aliphatic heterocycles. The lowest BCUT2D eigenvalue weighted by molar-refractivity contribution is -0.132. The second-order valence-electron chi connectivity index (χ2n) is 35.5. The average Bonchev–Trinajstić information content (AvgIpc) is 1.57. The van der Waals surface area contributed by atoms with Gasteiger partial charge in [-0.3, -0.25) is 44.9 Å². The van der Waals surface area contributed by atoms with Gasteiger partial charge in [0.05, 0.1) is 53.3 Å². The number of aromatic nitrogens is 2. The number of methoxy groups -OCH3 is 3. The van der Waals surface area contributed by atoms with Gasteiger partial charge in [0, 0.05) is 18.4 Å². The third kappa shape index (κ3) is 19.7. The maximum atomic E-state index is 14.0. The largest absolute Gasteiger partial charge is 0.497 e. The molecule has 4 saturated carbocycles. The highest BCUT2D eigenvalue weighted by molar-refractivity contribution is 7.94. The fourth-order valence-electron chi connectivity index (χ4n) is 20.4. The van der Waals surface area contributed by atoms with Gasteiger partial charge >= 0.3 is 0 Å². The van der Waals surface area contributed by atoms with Crippen LogP contribution in [0.4, 0.5) is 0 Å². The predicted molar refractivity (Wildman–Crippen MR) is 474 cm³/mol. The van der Waals surface area contributed by atoms with Crippen LogP contribution in [0.25, 0.3) is 11.1 Å². The number of nitrogens with one attached hydrogen (secondary N) is 8. The molecule has 4 atom stereocenters. The highest BCUT2D eigenvalue weighted by atomic mass is 32.2. The molecule has 4 spiro atoms. The van der Waals surface area contributed by atoms with Crippen LogP contribution in [0.1, 0.15) is 148 Å². The van der Waals surface area contributed by atoms with Crippen LogP contribution in [0.15, 0.2) is 202 Å². The van der Waals surface area contributed by atoms with Gasteiger partial charge in [0.1, 0.15) is 46.0 Å². The Bertz CT molecular complexity index is 5620. The fourth-order valence-corrected chi connectivity index (χ4v) is 28.8. The molecule has 36 heteroatoms. The van der Waals surface area contributed by atoms with E-state index in [2.05, 4.69) is 30.8 Å². The Morgan fingerprint density at radius 3 is 0.875 bits per heavy atom. The summed E-state index contributed by atoms with van der Waals surface area (Å²) in [7, 11) is -11.4. The highest BCUT2D eigenvalue weighted by Gasteiger charge is 2.65. The zero-order valence-electron chi connectivity index (χ0n) is 72.6. The third-order valence-electron chi connectivity index (χ3n) is 27.8. The molecular weight excluding hydrogens is 1730 g/mol. The van der Waals surface area contributed by atoms with Crippen LogP contribution in [0, 0.1) is 21.7 Å². The van der Waals surface area contributed by atoms with Crippen molar-refractivity contribution >= 4 is 63.0 Å². The van der Waals surface area contributed by atoms with Crippen molar-refractivity contribution in [1.82, 2.24) is 52.7 Å². The lowest BCUT2D eigenvalue weighted by Gasteiger charge is -2.40. The molecule has 690 valence electrons. The number of hydroxylamine groups is 4. The molecular formula is C92H116N10O22S4. The second kappa shape index (κ2) is 39.7. The quantitative estimate of drug-likeness (QED) is 0.0197. The molecule has 8 aromatic rings. The summed E-state index contributed by atoms with van der Waals surface area (Å²) in [6.07, 6.45) is 14.2. The lowest BCUT2D eigenvalue weighted by Crippen LogP contribution is -2.51. The molecule has 4 unspecified atom stereocenters. The first kappa shape index (κ1) is 95.5. The summed E-state index contributed by atoms with van der Waals surface area (Å²) in [5.41, 5.74) is 8.55. The van der Waals surface area contributed by atoms with Gasteiger partial charge in [0.15, 0.2) is 58.3 Å².